The standard InChI is InChI=1S/C18H16N6O/c1-12-21-17(24-23-12)15-6-3-7-16(9-15)22-18(25)20-11-14-5-2-4-13(8-14)10-19/h2-9H,11H2,1H3,(H2,20,22,25)(H,21,23,24). The first-order valence-corrected chi connectivity index (χ1v) is 7.67. The highest BCUT2D eigenvalue weighted by molar-refractivity contribution is 5.89. The number of hydrogen-bond donors (Lipinski definition) is 3. The number of urea groups is 1. The van der Waals surface area contributed by atoms with Crippen molar-refractivity contribution >= 4 is 11.7 Å². The Balaban J connectivity index is 1.62. The van der Waals surface area contributed by atoms with Crippen molar-refractivity contribution < 1.29 is 4.79 Å². The van der Waals surface area contributed by atoms with E-state index in [4.69, 9.17) is 5.26 Å². The van der Waals surface area contributed by atoms with Crippen LogP contribution >= 0.6 is 0 Å². The fourth-order valence-corrected chi connectivity index (χ4v) is 2.32. The first-order valence-electron chi connectivity index (χ1n) is 7.67. The van der Waals surface area contributed by atoms with Crippen LogP contribution in [-0.2, 0) is 6.54 Å². The maximum atomic E-state index is 12.1. The number of H-pyrrole nitrogens is 1. The van der Waals surface area contributed by atoms with Crippen molar-refractivity contribution in [3.63, 3.8) is 0 Å². The monoisotopic (exact) mass is 332 g/mol. The predicted octanol–water partition coefficient (Wildman–Crippen LogP) is 2.97. The number of aryl methyl sites for hydroxylation is 1. The molecular formula is C18H16N6O. The van der Waals surface area contributed by atoms with Crippen molar-refractivity contribution in [2.24, 2.45) is 0 Å². The SMILES string of the molecule is Cc1nc(-c2cccc(NC(=O)NCc3cccc(C#N)c3)c2)n[nH]1. The molecule has 0 radical (unpaired) electrons. The summed E-state index contributed by atoms with van der Waals surface area (Å²) in [6, 6.07) is 16.1. The van der Waals surface area contributed by atoms with E-state index in [0.29, 0.717) is 23.6 Å². The maximum Gasteiger partial charge on any atom is 0.319 e. The minimum absolute atomic E-state index is 0.328. The van der Waals surface area contributed by atoms with Gasteiger partial charge in [-0.3, -0.25) is 5.10 Å². The molecule has 0 atom stereocenters. The highest BCUT2D eigenvalue weighted by Gasteiger charge is 2.07. The van der Waals surface area contributed by atoms with Crippen LogP contribution in [0, 0.1) is 18.3 Å². The molecule has 1 aromatic heterocycles. The molecule has 0 fully saturated rings. The van der Waals surface area contributed by atoms with E-state index < -0.39 is 0 Å². The van der Waals surface area contributed by atoms with Crippen LogP contribution in [0.5, 0.6) is 0 Å². The van der Waals surface area contributed by atoms with E-state index in [9.17, 15) is 4.79 Å². The predicted molar refractivity (Wildman–Crippen MR) is 93.6 cm³/mol. The van der Waals surface area contributed by atoms with Gasteiger partial charge in [0.1, 0.15) is 5.82 Å². The summed E-state index contributed by atoms with van der Waals surface area (Å²) in [6.07, 6.45) is 0. The molecule has 124 valence electrons. The van der Waals surface area contributed by atoms with E-state index in [2.05, 4.69) is 31.9 Å². The Morgan fingerprint density at radius 1 is 1.24 bits per heavy atom. The largest absolute Gasteiger partial charge is 0.334 e. The van der Waals surface area contributed by atoms with Gasteiger partial charge < -0.3 is 10.6 Å². The van der Waals surface area contributed by atoms with Crippen molar-refractivity contribution in [2.75, 3.05) is 5.32 Å². The summed E-state index contributed by atoms with van der Waals surface area (Å²) in [5.41, 5.74) is 2.88. The minimum atomic E-state index is -0.328. The van der Waals surface area contributed by atoms with Crippen molar-refractivity contribution in [3.8, 4) is 17.5 Å². The van der Waals surface area contributed by atoms with Crippen LogP contribution in [0.25, 0.3) is 11.4 Å². The van der Waals surface area contributed by atoms with Crippen molar-refractivity contribution in [2.45, 2.75) is 13.5 Å². The summed E-state index contributed by atoms with van der Waals surface area (Å²) >= 11 is 0. The van der Waals surface area contributed by atoms with Crippen molar-refractivity contribution in [1.29, 1.82) is 5.26 Å². The number of benzene rings is 2. The Morgan fingerprint density at radius 2 is 2.08 bits per heavy atom. The zero-order chi connectivity index (χ0) is 17.6. The summed E-state index contributed by atoms with van der Waals surface area (Å²) in [6.45, 7) is 2.16. The molecular weight excluding hydrogens is 316 g/mol. The molecule has 0 aliphatic heterocycles. The number of nitrogens with one attached hydrogen (secondary N) is 3. The average molecular weight is 332 g/mol. The molecule has 3 rings (SSSR count). The van der Waals surface area contributed by atoms with E-state index in [1.807, 2.05) is 25.1 Å². The van der Waals surface area contributed by atoms with Gasteiger partial charge in [0.05, 0.1) is 11.6 Å². The van der Waals surface area contributed by atoms with Crippen LogP contribution in [-0.4, -0.2) is 21.2 Å². The lowest BCUT2D eigenvalue weighted by Gasteiger charge is -2.08. The third kappa shape index (κ3) is 4.20. The molecule has 1 heterocycles. The number of aromatic nitrogens is 3. The van der Waals surface area contributed by atoms with Crippen molar-refractivity contribution in [1.82, 2.24) is 20.5 Å². The summed E-state index contributed by atoms with van der Waals surface area (Å²) in [5.74, 6) is 1.31. The molecule has 3 aromatic rings. The molecule has 2 aromatic carbocycles. The zero-order valence-electron chi connectivity index (χ0n) is 13.6. The minimum Gasteiger partial charge on any atom is -0.334 e. The van der Waals surface area contributed by atoms with E-state index in [0.717, 1.165) is 17.0 Å². The van der Waals surface area contributed by atoms with Gasteiger partial charge in [0, 0.05) is 17.8 Å². The Kier molecular flexibility index (Phi) is 4.72. The van der Waals surface area contributed by atoms with Crippen LogP contribution in [0.2, 0.25) is 0 Å². The van der Waals surface area contributed by atoms with E-state index in [-0.39, 0.29) is 6.03 Å². The normalized spacial score (nSPS) is 10.1. The topological polar surface area (TPSA) is 106 Å². The Labute approximate surface area is 144 Å². The second-order valence-corrected chi connectivity index (χ2v) is 5.45. The number of carbonyl (C=O) groups is 1. The lowest BCUT2D eigenvalue weighted by Crippen LogP contribution is -2.28. The summed E-state index contributed by atoms with van der Waals surface area (Å²) < 4.78 is 0. The smallest absolute Gasteiger partial charge is 0.319 e. The van der Waals surface area contributed by atoms with Gasteiger partial charge in [0.25, 0.3) is 0 Å². The van der Waals surface area contributed by atoms with Gasteiger partial charge >= 0.3 is 6.03 Å². The van der Waals surface area contributed by atoms with E-state index >= 15 is 0 Å². The molecule has 0 spiro atoms. The number of hydrogen-bond acceptors (Lipinski definition) is 4. The third-order valence-electron chi connectivity index (χ3n) is 3.49. The molecule has 0 aliphatic carbocycles. The lowest BCUT2D eigenvalue weighted by atomic mass is 10.1. The first kappa shape index (κ1) is 16.2. The van der Waals surface area contributed by atoms with E-state index in [1.165, 1.54) is 0 Å². The quantitative estimate of drug-likeness (QED) is 0.682. The van der Waals surface area contributed by atoms with E-state index in [1.54, 1.807) is 30.3 Å². The van der Waals surface area contributed by atoms with Gasteiger partial charge in [-0.1, -0.05) is 24.3 Å². The molecule has 0 saturated heterocycles. The molecule has 2 amide bonds. The fourth-order valence-electron chi connectivity index (χ4n) is 2.32. The van der Waals surface area contributed by atoms with Crippen LogP contribution in [0.1, 0.15) is 17.0 Å². The fraction of sp³-hybridized carbons (Fsp3) is 0.111. The number of carbonyl (C=O) groups excluding carboxylic acids is 1. The molecule has 0 saturated carbocycles. The molecule has 3 N–H and O–H groups in total. The molecule has 25 heavy (non-hydrogen) atoms. The lowest BCUT2D eigenvalue weighted by molar-refractivity contribution is 0.251. The van der Waals surface area contributed by atoms with Gasteiger partial charge in [-0.2, -0.15) is 10.4 Å². The molecule has 7 heteroatoms. The first-order chi connectivity index (χ1) is 12.1. The number of nitrogens with zero attached hydrogens (tertiary/aromatic N) is 3. The number of amides is 2. The van der Waals surface area contributed by atoms with Crippen molar-refractivity contribution in [3.05, 3.63) is 65.5 Å². The molecule has 7 nitrogen and oxygen atoms in total. The van der Waals surface area contributed by atoms with Crippen LogP contribution in [0.3, 0.4) is 0 Å². The Bertz CT molecular complexity index is 940. The third-order valence-corrected chi connectivity index (χ3v) is 3.49. The van der Waals surface area contributed by atoms with Crippen LogP contribution < -0.4 is 10.6 Å². The summed E-state index contributed by atoms with van der Waals surface area (Å²) in [4.78, 5) is 16.3. The maximum absolute atomic E-state index is 12.1. The highest BCUT2D eigenvalue weighted by atomic mass is 16.2. The van der Waals surface area contributed by atoms with Gasteiger partial charge in [-0.25, -0.2) is 9.78 Å². The second kappa shape index (κ2) is 7.27. The summed E-state index contributed by atoms with van der Waals surface area (Å²) in [7, 11) is 0. The van der Waals surface area contributed by atoms with Gasteiger partial charge in [0.15, 0.2) is 5.82 Å². The second-order valence-electron chi connectivity index (χ2n) is 5.45. The Hall–Kier alpha value is -3.66. The number of anilines is 1. The number of nitriles is 1. The van der Waals surface area contributed by atoms with Gasteiger partial charge in [-0.05, 0) is 36.8 Å². The number of rotatable bonds is 4. The summed E-state index contributed by atoms with van der Waals surface area (Å²) in [5, 5.41) is 21.3. The zero-order valence-corrected chi connectivity index (χ0v) is 13.6. The van der Waals surface area contributed by atoms with Crippen LogP contribution in [0.15, 0.2) is 48.5 Å². The molecule has 0 unspecified atom stereocenters. The highest BCUT2D eigenvalue weighted by Crippen LogP contribution is 2.19. The molecule has 0 bridgehead atoms. The number of aromatic amines is 1. The average Bonchev–Trinajstić information content (AvgIpc) is 3.07. The molecule has 0 aliphatic rings. The Morgan fingerprint density at radius 3 is 2.84 bits per heavy atom. The van der Waals surface area contributed by atoms with Crippen LogP contribution in [0.4, 0.5) is 10.5 Å². The van der Waals surface area contributed by atoms with Gasteiger partial charge in [-0.15, -0.1) is 0 Å². The van der Waals surface area contributed by atoms with Gasteiger partial charge in [0.2, 0.25) is 0 Å².